The van der Waals surface area contributed by atoms with E-state index in [1.165, 1.54) is 0 Å². The largest absolute Gasteiger partial charge is 0.324 e. The molecule has 0 spiro atoms. The van der Waals surface area contributed by atoms with Crippen LogP contribution in [0.25, 0.3) is 0 Å². The Labute approximate surface area is 160 Å². The van der Waals surface area contributed by atoms with Gasteiger partial charge < -0.3 is 5.32 Å². The second-order valence-electron chi connectivity index (χ2n) is 6.20. The van der Waals surface area contributed by atoms with Crippen molar-refractivity contribution in [2.45, 2.75) is 33.2 Å². The number of nitrogens with zero attached hydrogens (tertiary/aromatic N) is 1. The number of benzene rings is 2. The summed E-state index contributed by atoms with van der Waals surface area (Å²) in [6.07, 6.45) is 1.94. The monoisotopic (exact) mass is 394 g/mol. The smallest absolute Gasteiger partial charge is 0.248 e. The van der Waals surface area contributed by atoms with E-state index in [-0.39, 0.29) is 0 Å². The van der Waals surface area contributed by atoms with E-state index in [1.54, 1.807) is 37.3 Å². The van der Waals surface area contributed by atoms with Crippen LogP contribution in [0.15, 0.2) is 42.5 Å². The molecule has 0 saturated carbocycles. The summed E-state index contributed by atoms with van der Waals surface area (Å²) in [5.74, 6) is -0.430. The van der Waals surface area contributed by atoms with Crippen LogP contribution in [0.4, 0.5) is 11.4 Å². The number of aryl methyl sites for hydroxylation is 2. The van der Waals surface area contributed by atoms with Crippen LogP contribution in [0.1, 0.15) is 25.0 Å². The fourth-order valence-electron chi connectivity index (χ4n) is 2.65. The molecule has 2 aromatic carbocycles. The summed E-state index contributed by atoms with van der Waals surface area (Å²) in [5, 5.41) is 3.26. The Morgan fingerprint density at radius 1 is 1.19 bits per heavy atom. The molecule has 0 fully saturated rings. The van der Waals surface area contributed by atoms with Gasteiger partial charge in [0, 0.05) is 10.7 Å². The molecule has 0 aliphatic carbocycles. The highest BCUT2D eigenvalue weighted by molar-refractivity contribution is 7.92. The fraction of sp³-hybridized carbons (Fsp3) is 0.316. The standard InChI is InChI=1S/C19H23ClN2O3S/c1-5-15-7-10-17(11-8-15)22(26(4,24)25)14(3)19(23)21-18-12-16(20)9-6-13(18)2/h6-12,14H,5H2,1-4H3,(H,21,23)/t14-/m1/s1. The minimum Gasteiger partial charge on any atom is -0.324 e. The fourth-order valence-corrected chi connectivity index (χ4v) is 4.00. The maximum absolute atomic E-state index is 12.7. The minimum atomic E-state index is -3.65. The zero-order valence-corrected chi connectivity index (χ0v) is 16.9. The van der Waals surface area contributed by atoms with Gasteiger partial charge in [-0.05, 0) is 55.7 Å². The number of nitrogens with one attached hydrogen (secondary N) is 1. The predicted octanol–water partition coefficient (Wildman–Crippen LogP) is 4.00. The molecule has 0 aromatic heterocycles. The molecule has 0 radical (unpaired) electrons. The van der Waals surface area contributed by atoms with Crippen molar-refractivity contribution < 1.29 is 13.2 Å². The van der Waals surface area contributed by atoms with Crippen LogP contribution >= 0.6 is 11.6 Å². The number of sulfonamides is 1. The number of anilines is 2. The molecule has 7 heteroatoms. The van der Waals surface area contributed by atoms with E-state index in [0.717, 1.165) is 28.1 Å². The van der Waals surface area contributed by atoms with Crippen LogP contribution < -0.4 is 9.62 Å². The Balaban J connectivity index is 2.32. The number of amides is 1. The quantitative estimate of drug-likeness (QED) is 0.805. The first-order valence-electron chi connectivity index (χ1n) is 8.29. The summed E-state index contributed by atoms with van der Waals surface area (Å²) in [4.78, 5) is 12.7. The molecule has 0 aliphatic rings. The maximum atomic E-state index is 12.7. The molecular weight excluding hydrogens is 372 g/mol. The summed E-state index contributed by atoms with van der Waals surface area (Å²) in [6.45, 7) is 5.42. The van der Waals surface area contributed by atoms with Gasteiger partial charge in [0.05, 0.1) is 11.9 Å². The second-order valence-corrected chi connectivity index (χ2v) is 8.50. The Hall–Kier alpha value is -2.05. The van der Waals surface area contributed by atoms with E-state index in [9.17, 15) is 13.2 Å². The lowest BCUT2D eigenvalue weighted by molar-refractivity contribution is -0.116. The van der Waals surface area contributed by atoms with Gasteiger partial charge in [-0.3, -0.25) is 9.10 Å². The van der Waals surface area contributed by atoms with Gasteiger partial charge in [0.1, 0.15) is 6.04 Å². The second kappa shape index (κ2) is 8.10. The molecule has 1 atom stereocenters. The first-order chi connectivity index (χ1) is 12.1. The molecule has 0 saturated heterocycles. The van der Waals surface area contributed by atoms with Crippen molar-refractivity contribution in [1.82, 2.24) is 0 Å². The summed E-state index contributed by atoms with van der Waals surface area (Å²) in [7, 11) is -3.65. The predicted molar refractivity (Wildman–Crippen MR) is 107 cm³/mol. The van der Waals surface area contributed by atoms with Crippen LogP contribution in [-0.4, -0.2) is 26.6 Å². The van der Waals surface area contributed by atoms with Gasteiger partial charge in [-0.1, -0.05) is 36.7 Å². The Bertz CT molecular complexity index is 896. The van der Waals surface area contributed by atoms with Crippen molar-refractivity contribution in [1.29, 1.82) is 0 Å². The molecule has 0 unspecified atom stereocenters. The lowest BCUT2D eigenvalue weighted by atomic mass is 10.1. The summed E-state index contributed by atoms with van der Waals surface area (Å²) < 4.78 is 25.8. The minimum absolute atomic E-state index is 0.430. The van der Waals surface area contributed by atoms with Gasteiger partial charge in [0.25, 0.3) is 0 Å². The number of carbonyl (C=O) groups excluding carboxylic acids is 1. The third-order valence-corrected chi connectivity index (χ3v) is 5.62. The summed E-state index contributed by atoms with van der Waals surface area (Å²) >= 11 is 5.98. The van der Waals surface area contributed by atoms with E-state index in [1.807, 2.05) is 26.0 Å². The van der Waals surface area contributed by atoms with Crippen molar-refractivity contribution in [3.8, 4) is 0 Å². The van der Waals surface area contributed by atoms with E-state index in [0.29, 0.717) is 16.4 Å². The van der Waals surface area contributed by atoms with Crippen molar-refractivity contribution in [2.24, 2.45) is 0 Å². The van der Waals surface area contributed by atoms with Crippen molar-refractivity contribution in [3.05, 3.63) is 58.6 Å². The molecule has 2 rings (SSSR count). The SMILES string of the molecule is CCc1ccc(N([C@H](C)C(=O)Nc2cc(Cl)ccc2C)S(C)(=O)=O)cc1. The van der Waals surface area contributed by atoms with Crippen molar-refractivity contribution >= 4 is 38.9 Å². The molecule has 2 aromatic rings. The van der Waals surface area contributed by atoms with Crippen molar-refractivity contribution in [2.75, 3.05) is 15.9 Å². The molecule has 0 bridgehead atoms. The highest BCUT2D eigenvalue weighted by Crippen LogP contribution is 2.24. The first-order valence-corrected chi connectivity index (χ1v) is 10.5. The molecule has 0 aliphatic heterocycles. The van der Waals surface area contributed by atoms with Crippen molar-refractivity contribution in [3.63, 3.8) is 0 Å². The van der Waals surface area contributed by atoms with Crippen LogP contribution in [0, 0.1) is 6.92 Å². The van der Waals surface area contributed by atoms with E-state index in [4.69, 9.17) is 11.6 Å². The highest BCUT2D eigenvalue weighted by atomic mass is 35.5. The van der Waals surface area contributed by atoms with E-state index in [2.05, 4.69) is 5.32 Å². The van der Waals surface area contributed by atoms with Gasteiger partial charge in [-0.25, -0.2) is 8.42 Å². The molecule has 1 N–H and O–H groups in total. The number of rotatable bonds is 6. The molecule has 5 nitrogen and oxygen atoms in total. The van der Waals surface area contributed by atoms with E-state index >= 15 is 0 Å². The van der Waals surface area contributed by atoms with Crippen LogP contribution in [0.3, 0.4) is 0 Å². The summed E-state index contributed by atoms with van der Waals surface area (Å²) in [6, 6.07) is 11.4. The third kappa shape index (κ3) is 4.77. The normalized spacial score (nSPS) is 12.5. The average molecular weight is 395 g/mol. The molecule has 1 amide bonds. The zero-order valence-electron chi connectivity index (χ0n) is 15.3. The van der Waals surface area contributed by atoms with Gasteiger partial charge in [-0.2, -0.15) is 0 Å². The number of hydrogen-bond donors (Lipinski definition) is 1. The van der Waals surface area contributed by atoms with Crippen LogP contribution in [0.2, 0.25) is 5.02 Å². The number of hydrogen-bond acceptors (Lipinski definition) is 3. The summed E-state index contributed by atoms with van der Waals surface area (Å²) in [5.41, 5.74) is 2.95. The highest BCUT2D eigenvalue weighted by Gasteiger charge is 2.29. The van der Waals surface area contributed by atoms with Gasteiger partial charge in [-0.15, -0.1) is 0 Å². The van der Waals surface area contributed by atoms with Gasteiger partial charge in [0.2, 0.25) is 15.9 Å². The molecule has 140 valence electrons. The van der Waals surface area contributed by atoms with Crippen LogP contribution in [-0.2, 0) is 21.2 Å². The molecule has 0 heterocycles. The lowest BCUT2D eigenvalue weighted by Crippen LogP contribution is -2.45. The Morgan fingerprint density at radius 3 is 2.35 bits per heavy atom. The first kappa shape index (κ1) is 20.3. The average Bonchev–Trinajstić information content (AvgIpc) is 2.57. The zero-order chi connectivity index (χ0) is 19.5. The molecular formula is C19H23ClN2O3S. The maximum Gasteiger partial charge on any atom is 0.248 e. The van der Waals surface area contributed by atoms with E-state index < -0.39 is 22.0 Å². The third-order valence-electron chi connectivity index (χ3n) is 4.15. The molecule has 26 heavy (non-hydrogen) atoms. The number of carbonyl (C=O) groups is 1. The number of halogens is 1. The Morgan fingerprint density at radius 2 is 1.81 bits per heavy atom. The lowest BCUT2D eigenvalue weighted by Gasteiger charge is -2.28. The van der Waals surface area contributed by atoms with Crippen LogP contribution in [0.5, 0.6) is 0 Å². The van der Waals surface area contributed by atoms with Gasteiger partial charge in [0.15, 0.2) is 0 Å². The van der Waals surface area contributed by atoms with Gasteiger partial charge >= 0.3 is 0 Å². The Kier molecular flexibility index (Phi) is 6.31. The topological polar surface area (TPSA) is 66.5 Å².